The second-order valence-electron chi connectivity index (χ2n) is 6.99. The number of rotatable bonds is 2. The first kappa shape index (κ1) is 25.0. The van der Waals surface area contributed by atoms with Crippen LogP contribution < -0.4 is 20.9 Å². The molecule has 2 aromatic rings. The van der Waals surface area contributed by atoms with Gasteiger partial charge in [0.05, 0.1) is 24.2 Å². The molecule has 0 spiro atoms. The molecule has 2 aromatic carbocycles. The van der Waals surface area contributed by atoms with E-state index in [1.165, 1.54) is 43.5 Å². The van der Waals surface area contributed by atoms with E-state index in [1.807, 2.05) is 0 Å². The van der Waals surface area contributed by atoms with Gasteiger partial charge in [-0.15, -0.1) is 0 Å². The Balaban J connectivity index is 0.000000192. The van der Waals surface area contributed by atoms with Crippen LogP contribution in [0.25, 0.3) is 0 Å². The summed E-state index contributed by atoms with van der Waals surface area (Å²) in [5.74, 6) is -1.29. The maximum Gasteiger partial charge on any atom is 0.337 e. The van der Waals surface area contributed by atoms with Gasteiger partial charge in [0.25, 0.3) is 5.91 Å². The van der Waals surface area contributed by atoms with E-state index in [0.29, 0.717) is 5.75 Å². The zero-order chi connectivity index (χ0) is 25.1. The molecule has 0 bridgehead atoms. The van der Waals surface area contributed by atoms with Crippen molar-refractivity contribution >= 4 is 37.5 Å². The van der Waals surface area contributed by atoms with Crippen LogP contribution in [-0.2, 0) is 24.4 Å². The number of carbonyl (C=O) groups excluding carboxylic acids is 2. The van der Waals surface area contributed by atoms with Gasteiger partial charge in [0.2, 0.25) is 0 Å². The number of guanidine groups is 1. The molecule has 0 fully saturated rings. The molecule has 12 nitrogen and oxygen atoms in total. The van der Waals surface area contributed by atoms with E-state index in [-0.39, 0.29) is 57.3 Å². The van der Waals surface area contributed by atoms with E-state index in [9.17, 15) is 26.4 Å². The first-order valence-electron chi connectivity index (χ1n) is 9.66. The van der Waals surface area contributed by atoms with Crippen LogP contribution in [-0.4, -0.2) is 66.5 Å². The first-order valence-corrected chi connectivity index (χ1v) is 13.0. The molecule has 182 valence electrons. The van der Waals surface area contributed by atoms with Crippen molar-refractivity contribution in [2.75, 3.05) is 31.8 Å². The van der Waals surface area contributed by atoms with Gasteiger partial charge in [0.1, 0.15) is 34.5 Å². The lowest BCUT2D eigenvalue weighted by Gasteiger charge is -2.17. The molecule has 1 amide bonds. The number of carbonyl (C=O) groups is 2. The van der Waals surface area contributed by atoms with Crippen molar-refractivity contribution in [3.8, 4) is 11.5 Å². The molecule has 0 atom stereocenters. The minimum absolute atomic E-state index is 0.00890. The summed E-state index contributed by atoms with van der Waals surface area (Å²) >= 11 is 0. The van der Waals surface area contributed by atoms with Crippen molar-refractivity contribution in [1.29, 1.82) is 0 Å². The summed E-state index contributed by atoms with van der Waals surface area (Å²) in [7, 11) is -5.51. The Labute approximate surface area is 195 Å². The van der Waals surface area contributed by atoms with Crippen LogP contribution in [0.15, 0.2) is 51.2 Å². The Morgan fingerprint density at radius 1 is 0.853 bits per heavy atom. The zero-order valence-corrected chi connectivity index (χ0v) is 19.5. The summed E-state index contributed by atoms with van der Waals surface area (Å²) < 4.78 is 61.9. The second-order valence-corrected chi connectivity index (χ2v) is 11.1. The van der Waals surface area contributed by atoms with Gasteiger partial charge < -0.3 is 25.7 Å². The maximum atomic E-state index is 11.8. The third-order valence-corrected chi connectivity index (χ3v) is 8.06. The van der Waals surface area contributed by atoms with Crippen molar-refractivity contribution in [1.82, 2.24) is 0 Å². The van der Waals surface area contributed by atoms with Crippen LogP contribution in [0.1, 0.15) is 20.7 Å². The van der Waals surface area contributed by atoms with Gasteiger partial charge in [-0.1, -0.05) is 0 Å². The molecule has 0 radical (unpaired) electrons. The summed E-state index contributed by atoms with van der Waals surface area (Å²) in [5, 5.41) is 0. The number of fused-ring (bicyclic) bond motifs is 2. The first-order chi connectivity index (χ1) is 15.9. The van der Waals surface area contributed by atoms with Gasteiger partial charge in [-0.25, -0.2) is 21.6 Å². The molecule has 34 heavy (non-hydrogen) atoms. The maximum absolute atomic E-state index is 11.8. The summed E-state index contributed by atoms with van der Waals surface area (Å²) in [5.41, 5.74) is 10.5. The molecule has 0 aliphatic carbocycles. The molecular weight excluding hydrogens is 490 g/mol. The number of methoxy groups -OCH3 is 1. The highest BCUT2D eigenvalue weighted by atomic mass is 32.2. The lowest BCUT2D eigenvalue weighted by Crippen LogP contribution is -2.24. The SMILES string of the molecule is COC(=O)c1ccc2c(c1)S(=O)(=O)CCO2.NC(N)=NC(=O)c1ccc2c(c1)S(=O)(=O)CCO2. The molecule has 2 aliphatic rings. The Morgan fingerprint density at radius 2 is 1.32 bits per heavy atom. The standard InChI is InChI=1S/C10H11N3O4S.C10H10O5S/c11-10(12)13-9(14)6-1-2-7-8(5-6)18(15,16)4-3-17-7;1-14-10(11)7-2-3-8-9(6-7)16(12,13)5-4-15-8/h1-2,5H,3-4H2,(H4,11,12,13,14);2-3,6H,4-5H2,1H3. The predicted octanol–water partition coefficient (Wildman–Crippen LogP) is -0.0944. The molecule has 4 N–H and O–H groups in total. The monoisotopic (exact) mass is 511 g/mol. The molecule has 14 heteroatoms. The topological polar surface area (TPSA) is 195 Å². The van der Waals surface area contributed by atoms with E-state index in [4.69, 9.17) is 20.9 Å². The van der Waals surface area contributed by atoms with E-state index in [2.05, 4.69) is 9.73 Å². The Kier molecular flexibility index (Phi) is 7.12. The summed E-state index contributed by atoms with van der Waals surface area (Å²) in [4.78, 5) is 26.2. The fourth-order valence-electron chi connectivity index (χ4n) is 3.04. The number of amides is 1. The van der Waals surface area contributed by atoms with Crippen molar-refractivity contribution in [3.05, 3.63) is 47.5 Å². The molecule has 0 unspecified atom stereocenters. The molecular formula is C20H21N3O9S2. The van der Waals surface area contributed by atoms with Crippen molar-refractivity contribution in [3.63, 3.8) is 0 Å². The lowest BCUT2D eigenvalue weighted by molar-refractivity contribution is 0.0600. The summed E-state index contributed by atoms with van der Waals surface area (Å²) in [6, 6.07) is 8.29. The van der Waals surface area contributed by atoms with Crippen LogP contribution in [0, 0.1) is 0 Å². The van der Waals surface area contributed by atoms with Crippen LogP contribution in [0.5, 0.6) is 11.5 Å². The van der Waals surface area contributed by atoms with Gasteiger partial charge in [-0.05, 0) is 36.4 Å². The summed E-state index contributed by atoms with van der Waals surface area (Å²) in [6.07, 6.45) is 0. The number of aliphatic imine (C=N–C) groups is 1. The van der Waals surface area contributed by atoms with Gasteiger partial charge in [0, 0.05) is 5.56 Å². The van der Waals surface area contributed by atoms with Gasteiger partial charge in [0.15, 0.2) is 25.6 Å². The Morgan fingerprint density at radius 3 is 1.79 bits per heavy atom. The zero-order valence-electron chi connectivity index (χ0n) is 17.9. The van der Waals surface area contributed by atoms with Gasteiger partial charge in [-0.2, -0.15) is 4.99 Å². The molecule has 0 saturated carbocycles. The summed E-state index contributed by atoms with van der Waals surface area (Å²) in [6.45, 7) is 0.253. The third-order valence-electron chi connectivity index (χ3n) is 4.68. The third kappa shape index (κ3) is 5.46. The number of benzene rings is 2. The number of hydrogen-bond donors (Lipinski definition) is 2. The molecule has 2 heterocycles. The Bertz CT molecular complexity index is 1380. The smallest absolute Gasteiger partial charge is 0.337 e. The van der Waals surface area contributed by atoms with Crippen LogP contribution in [0.4, 0.5) is 0 Å². The molecule has 2 aliphatic heterocycles. The molecule has 0 saturated heterocycles. The van der Waals surface area contributed by atoms with E-state index >= 15 is 0 Å². The normalized spacial score (nSPS) is 16.6. The highest BCUT2D eigenvalue weighted by molar-refractivity contribution is 7.91. The number of hydrogen-bond acceptors (Lipinski definition) is 9. The second kappa shape index (κ2) is 9.69. The average molecular weight is 512 g/mol. The van der Waals surface area contributed by atoms with Crippen LogP contribution >= 0.6 is 0 Å². The van der Waals surface area contributed by atoms with E-state index < -0.39 is 31.6 Å². The van der Waals surface area contributed by atoms with Crippen LogP contribution in [0.3, 0.4) is 0 Å². The fraction of sp³-hybridized carbons (Fsp3) is 0.250. The minimum atomic E-state index is -3.41. The number of esters is 1. The van der Waals surface area contributed by atoms with Gasteiger partial charge >= 0.3 is 5.97 Å². The van der Waals surface area contributed by atoms with Crippen LogP contribution in [0.2, 0.25) is 0 Å². The fourth-order valence-corrected chi connectivity index (χ4v) is 5.57. The minimum Gasteiger partial charge on any atom is -0.491 e. The van der Waals surface area contributed by atoms with Gasteiger partial charge in [-0.3, -0.25) is 4.79 Å². The highest BCUT2D eigenvalue weighted by Crippen LogP contribution is 2.30. The van der Waals surface area contributed by atoms with E-state index in [1.54, 1.807) is 0 Å². The highest BCUT2D eigenvalue weighted by Gasteiger charge is 2.27. The van der Waals surface area contributed by atoms with Crippen molar-refractivity contribution < 1.29 is 40.6 Å². The number of nitrogens with two attached hydrogens (primary N) is 2. The van der Waals surface area contributed by atoms with Crippen molar-refractivity contribution in [2.24, 2.45) is 16.5 Å². The molecule has 4 rings (SSSR count). The number of sulfone groups is 2. The quantitative estimate of drug-likeness (QED) is 0.310. The lowest BCUT2D eigenvalue weighted by atomic mass is 10.2. The molecule has 0 aromatic heterocycles. The van der Waals surface area contributed by atoms with E-state index in [0.717, 1.165) is 0 Å². The number of ether oxygens (including phenoxy) is 3. The van der Waals surface area contributed by atoms with Crippen molar-refractivity contribution in [2.45, 2.75) is 9.79 Å². The Hall–Kier alpha value is -3.65. The average Bonchev–Trinajstić information content (AvgIpc) is 2.78. The number of nitrogens with zero attached hydrogens (tertiary/aromatic N) is 1. The predicted molar refractivity (Wildman–Crippen MR) is 119 cm³/mol. The largest absolute Gasteiger partial charge is 0.491 e.